The number of fused-ring (bicyclic) bond motifs is 1. The Bertz CT molecular complexity index is 1010. The number of ether oxygens (including phenoxy) is 2. The van der Waals surface area contributed by atoms with E-state index in [4.69, 9.17) is 9.47 Å². The first-order valence-electron chi connectivity index (χ1n) is 7.44. The first kappa shape index (κ1) is 16.6. The van der Waals surface area contributed by atoms with Gasteiger partial charge in [0.2, 0.25) is 0 Å². The van der Waals surface area contributed by atoms with Crippen LogP contribution in [0.15, 0.2) is 47.5 Å². The highest BCUT2D eigenvalue weighted by atomic mass is 19.1. The predicted molar refractivity (Wildman–Crippen MR) is 89.4 cm³/mol. The average molecular weight is 342 g/mol. The molecule has 2 aromatic carbocycles. The van der Waals surface area contributed by atoms with Crippen molar-refractivity contribution in [3.05, 3.63) is 70.0 Å². The maximum Gasteiger partial charge on any atom is 0.338 e. The van der Waals surface area contributed by atoms with Crippen molar-refractivity contribution in [2.24, 2.45) is 0 Å². The molecule has 0 aliphatic carbocycles. The largest absolute Gasteiger partial charge is 0.494 e. The van der Waals surface area contributed by atoms with Gasteiger partial charge in [-0.25, -0.2) is 14.2 Å². The van der Waals surface area contributed by atoms with E-state index in [1.54, 1.807) is 24.3 Å². The Balaban J connectivity index is 2.09. The van der Waals surface area contributed by atoms with Crippen LogP contribution in [0.5, 0.6) is 5.75 Å². The van der Waals surface area contributed by atoms with Gasteiger partial charge in [0.25, 0.3) is 5.56 Å². The molecule has 0 saturated heterocycles. The van der Waals surface area contributed by atoms with Gasteiger partial charge in [-0.05, 0) is 17.7 Å². The number of rotatable bonds is 4. The van der Waals surface area contributed by atoms with Gasteiger partial charge >= 0.3 is 5.97 Å². The molecule has 0 unspecified atom stereocenters. The molecule has 3 aromatic rings. The van der Waals surface area contributed by atoms with Crippen LogP contribution in [0.4, 0.5) is 4.39 Å². The van der Waals surface area contributed by atoms with Crippen molar-refractivity contribution in [2.75, 3.05) is 14.2 Å². The Morgan fingerprint density at radius 1 is 1.24 bits per heavy atom. The van der Waals surface area contributed by atoms with Gasteiger partial charge in [-0.2, -0.15) is 0 Å². The summed E-state index contributed by atoms with van der Waals surface area (Å²) in [4.78, 5) is 28.7. The Kier molecular flexibility index (Phi) is 4.47. The van der Waals surface area contributed by atoms with Gasteiger partial charge in [-0.3, -0.25) is 9.36 Å². The van der Waals surface area contributed by atoms with Gasteiger partial charge in [0.1, 0.15) is 0 Å². The molecule has 3 rings (SSSR count). The van der Waals surface area contributed by atoms with Crippen molar-refractivity contribution in [1.29, 1.82) is 0 Å². The van der Waals surface area contributed by atoms with Crippen molar-refractivity contribution in [2.45, 2.75) is 6.54 Å². The predicted octanol–water partition coefficient (Wildman–Crippen LogP) is 2.38. The number of nitrogens with zero attached hydrogens (tertiary/aromatic N) is 2. The maximum atomic E-state index is 13.8. The molecule has 0 atom stereocenters. The molecule has 7 heteroatoms. The lowest BCUT2D eigenvalue weighted by atomic mass is 10.1. The van der Waals surface area contributed by atoms with Gasteiger partial charge in [0.15, 0.2) is 11.6 Å². The molecule has 128 valence electrons. The second-order valence-electron chi connectivity index (χ2n) is 5.33. The summed E-state index contributed by atoms with van der Waals surface area (Å²) in [6.07, 6.45) is 1.32. The van der Waals surface area contributed by atoms with Crippen LogP contribution in [-0.2, 0) is 11.3 Å². The summed E-state index contributed by atoms with van der Waals surface area (Å²) in [5.41, 5.74) is 0.865. The minimum absolute atomic E-state index is 0.0286. The summed E-state index contributed by atoms with van der Waals surface area (Å²) in [7, 11) is 2.62. The van der Waals surface area contributed by atoms with E-state index in [1.165, 1.54) is 31.2 Å². The topological polar surface area (TPSA) is 70.4 Å². The van der Waals surface area contributed by atoms with Crippen LogP contribution in [0.2, 0.25) is 0 Å². The molecule has 25 heavy (non-hydrogen) atoms. The van der Waals surface area contributed by atoms with Crippen LogP contribution in [-0.4, -0.2) is 29.7 Å². The zero-order chi connectivity index (χ0) is 18.0. The van der Waals surface area contributed by atoms with Gasteiger partial charge in [-0.15, -0.1) is 0 Å². The van der Waals surface area contributed by atoms with Crippen LogP contribution in [0, 0.1) is 5.82 Å². The highest BCUT2D eigenvalue weighted by Gasteiger charge is 2.14. The fraction of sp³-hybridized carbons (Fsp3) is 0.167. The Labute approximate surface area is 142 Å². The summed E-state index contributed by atoms with van der Waals surface area (Å²) in [6, 6.07) is 9.31. The number of benzene rings is 2. The Hall–Kier alpha value is -3.22. The monoisotopic (exact) mass is 342 g/mol. The molecule has 6 nitrogen and oxygen atoms in total. The molecule has 0 fully saturated rings. The lowest BCUT2D eigenvalue weighted by Crippen LogP contribution is -2.22. The van der Waals surface area contributed by atoms with Gasteiger partial charge in [0, 0.05) is 6.07 Å². The second kappa shape index (κ2) is 6.72. The third-order valence-electron chi connectivity index (χ3n) is 3.86. The third-order valence-corrected chi connectivity index (χ3v) is 3.86. The molecular formula is C18H15FN2O4. The quantitative estimate of drug-likeness (QED) is 0.681. The van der Waals surface area contributed by atoms with Crippen LogP contribution in [0.25, 0.3) is 10.9 Å². The van der Waals surface area contributed by atoms with Crippen LogP contribution < -0.4 is 10.3 Å². The van der Waals surface area contributed by atoms with Crippen molar-refractivity contribution in [3.8, 4) is 5.75 Å². The Morgan fingerprint density at radius 3 is 2.72 bits per heavy atom. The number of carbonyl (C=O) groups excluding carboxylic acids is 1. The van der Waals surface area contributed by atoms with E-state index in [9.17, 15) is 14.0 Å². The summed E-state index contributed by atoms with van der Waals surface area (Å²) in [5, 5.41) is 0.233. The number of esters is 1. The molecule has 1 aromatic heterocycles. The van der Waals surface area contributed by atoms with E-state index >= 15 is 0 Å². The zero-order valence-corrected chi connectivity index (χ0v) is 13.7. The number of hydrogen-bond acceptors (Lipinski definition) is 5. The van der Waals surface area contributed by atoms with Gasteiger partial charge in [-0.1, -0.05) is 18.2 Å². The molecule has 0 radical (unpaired) electrons. The summed E-state index contributed by atoms with van der Waals surface area (Å²) < 4.78 is 24.8. The SMILES string of the molecule is COC(=O)c1ccccc1Cn1cnc2cc(F)c(OC)cc2c1=O. The van der Waals surface area contributed by atoms with E-state index in [0.717, 1.165) is 6.07 Å². The molecule has 0 bridgehead atoms. The van der Waals surface area contributed by atoms with Crippen LogP contribution in [0.3, 0.4) is 0 Å². The normalized spacial score (nSPS) is 10.7. The number of hydrogen-bond donors (Lipinski definition) is 0. The third kappa shape index (κ3) is 3.08. The fourth-order valence-corrected chi connectivity index (χ4v) is 2.58. The molecule has 0 aliphatic rings. The smallest absolute Gasteiger partial charge is 0.338 e. The molecule has 0 aliphatic heterocycles. The lowest BCUT2D eigenvalue weighted by Gasteiger charge is -2.11. The fourth-order valence-electron chi connectivity index (χ4n) is 2.58. The van der Waals surface area contributed by atoms with E-state index < -0.39 is 11.8 Å². The van der Waals surface area contributed by atoms with Crippen molar-refractivity contribution in [1.82, 2.24) is 9.55 Å². The minimum Gasteiger partial charge on any atom is -0.494 e. The van der Waals surface area contributed by atoms with Crippen molar-refractivity contribution < 1.29 is 18.7 Å². The molecule has 0 amide bonds. The summed E-state index contributed by atoms with van der Waals surface area (Å²) in [5.74, 6) is -1.10. The van der Waals surface area contributed by atoms with Crippen molar-refractivity contribution >= 4 is 16.9 Å². The van der Waals surface area contributed by atoms with E-state index in [1.807, 2.05) is 0 Å². The van der Waals surface area contributed by atoms with Crippen molar-refractivity contribution in [3.63, 3.8) is 0 Å². The van der Waals surface area contributed by atoms with E-state index in [0.29, 0.717) is 11.1 Å². The number of halogens is 1. The lowest BCUT2D eigenvalue weighted by molar-refractivity contribution is 0.0599. The van der Waals surface area contributed by atoms with E-state index in [-0.39, 0.29) is 28.8 Å². The zero-order valence-electron chi connectivity index (χ0n) is 13.7. The molecule has 0 saturated carbocycles. The number of methoxy groups -OCH3 is 2. The molecule has 0 spiro atoms. The van der Waals surface area contributed by atoms with Gasteiger partial charge < -0.3 is 9.47 Å². The molecule has 1 heterocycles. The molecular weight excluding hydrogens is 327 g/mol. The second-order valence-corrected chi connectivity index (χ2v) is 5.33. The van der Waals surface area contributed by atoms with E-state index in [2.05, 4.69) is 4.98 Å². The minimum atomic E-state index is -0.587. The first-order valence-corrected chi connectivity index (χ1v) is 7.44. The standard InChI is InChI=1S/C18H15FN2O4/c1-24-16-7-13-15(8-14(16)19)20-10-21(17(13)22)9-11-5-3-4-6-12(11)18(23)25-2/h3-8,10H,9H2,1-2H3. The first-order chi connectivity index (χ1) is 12.0. The summed E-state index contributed by atoms with van der Waals surface area (Å²) >= 11 is 0. The van der Waals surface area contributed by atoms with Crippen LogP contribution in [0.1, 0.15) is 15.9 Å². The number of carbonyl (C=O) groups is 1. The van der Waals surface area contributed by atoms with Gasteiger partial charge in [0.05, 0.1) is 43.6 Å². The molecule has 0 N–H and O–H groups in total. The van der Waals surface area contributed by atoms with Crippen LogP contribution >= 0.6 is 0 Å². The number of aromatic nitrogens is 2. The maximum absolute atomic E-state index is 13.8. The summed E-state index contributed by atoms with van der Waals surface area (Å²) in [6.45, 7) is 0.132. The highest BCUT2D eigenvalue weighted by Crippen LogP contribution is 2.21. The highest BCUT2D eigenvalue weighted by molar-refractivity contribution is 5.91. The Morgan fingerprint density at radius 2 is 2.00 bits per heavy atom. The average Bonchev–Trinajstić information content (AvgIpc) is 2.63.